The molecule has 24 heavy (non-hydrogen) atoms. The molecular weight excluding hydrogens is 316 g/mol. The fourth-order valence-corrected chi connectivity index (χ4v) is 2.16. The van der Waals surface area contributed by atoms with Gasteiger partial charge in [0, 0.05) is 6.07 Å². The van der Waals surface area contributed by atoms with E-state index in [0.717, 1.165) is 23.0 Å². The Labute approximate surface area is 137 Å². The largest absolute Gasteiger partial charge is 0.459 e. The first-order valence-corrected chi connectivity index (χ1v) is 7.02. The van der Waals surface area contributed by atoms with Gasteiger partial charge in [0.25, 0.3) is 5.69 Å². The molecule has 0 unspecified atom stereocenters. The van der Waals surface area contributed by atoms with Crippen LogP contribution >= 0.6 is 0 Å². The summed E-state index contributed by atoms with van der Waals surface area (Å²) in [7, 11) is 0. The van der Waals surface area contributed by atoms with Crippen molar-refractivity contribution in [1.29, 1.82) is 0 Å². The number of nitrogens with zero attached hydrogens (tertiary/aromatic N) is 3. The molecule has 2 aromatic rings. The smallest absolute Gasteiger partial charge is 0.301 e. The Morgan fingerprint density at radius 3 is 2.29 bits per heavy atom. The third-order valence-electron chi connectivity index (χ3n) is 3.75. The van der Waals surface area contributed by atoms with E-state index in [1.54, 1.807) is 6.92 Å². The first-order chi connectivity index (χ1) is 11.2. The van der Waals surface area contributed by atoms with E-state index in [2.05, 4.69) is 10.5 Å². The van der Waals surface area contributed by atoms with E-state index in [-0.39, 0.29) is 11.4 Å². The number of hydrogen-bond acceptors (Lipinski definition) is 7. The lowest BCUT2D eigenvalue weighted by molar-refractivity contribution is -0.393. The van der Waals surface area contributed by atoms with Crippen LogP contribution in [0.5, 0.6) is 0 Å². The van der Waals surface area contributed by atoms with Crippen molar-refractivity contribution in [2.24, 2.45) is 5.10 Å². The van der Waals surface area contributed by atoms with Crippen LogP contribution in [0.3, 0.4) is 0 Å². The molecule has 9 heteroatoms. The van der Waals surface area contributed by atoms with Crippen molar-refractivity contribution in [3.8, 4) is 0 Å². The number of benzene rings is 1. The molecule has 0 radical (unpaired) electrons. The Bertz CT molecular complexity index is 854. The minimum atomic E-state index is -0.702. The Balaban J connectivity index is 2.35. The molecule has 1 aromatic heterocycles. The molecule has 0 saturated carbocycles. The van der Waals surface area contributed by atoms with Crippen molar-refractivity contribution >= 4 is 22.8 Å². The van der Waals surface area contributed by atoms with Gasteiger partial charge in [-0.15, -0.1) is 0 Å². The van der Waals surface area contributed by atoms with Crippen molar-refractivity contribution < 1.29 is 14.3 Å². The van der Waals surface area contributed by atoms with Crippen molar-refractivity contribution in [3.05, 3.63) is 61.1 Å². The van der Waals surface area contributed by atoms with E-state index < -0.39 is 15.5 Å². The highest BCUT2D eigenvalue weighted by Gasteiger charge is 2.20. The maximum absolute atomic E-state index is 11.1. The molecule has 0 atom stereocenters. The standard InChI is InChI=1S/C15H16N4O5/c1-8-9(2)15(24-11(8)4)10(3)16-17-13-6-5-12(18(20)21)7-14(13)19(22)23/h5-7,17H,1-4H3. The molecule has 1 N–H and O–H groups in total. The van der Waals surface area contributed by atoms with Crippen LogP contribution in [-0.2, 0) is 0 Å². The summed E-state index contributed by atoms with van der Waals surface area (Å²) >= 11 is 0. The summed E-state index contributed by atoms with van der Waals surface area (Å²) in [5.41, 5.74) is 4.31. The lowest BCUT2D eigenvalue weighted by Crippen LogP contribution is -2.03. The Kier molecular flexibility index (Phi) is 4.63. The first kappa shape index (κ1) is 17.1. The summed E-state index contributed by atoms with van der Waals surface area (Å²) < 4.78 is 5.63. The lowest BCUT2D eigenvalue weighted by Gasteiger charge is -2.04. The Morgan fingerprint density at radius 2 is 1.79 bits per heavy atom. The number of furan rings is 1. The van der Waals surface area contributed by atoms with Gasteiger partial charge in [0.2, 0.25) is 0 Å². The predicted octanol–water partition coefficient (Wildman–Crippen LogP) is 3.86. The van der Waals surface area contributed by atoms with Crippen LogP contribution in [0.4, 0.5) is 17.1 Å². The summed E-state index contributed by atoms with van der Waals surface area (Å²) in [6.07, 6.45) is 0. The van der Waals surface area contributed by atoms with E-state index in [9.17, 15) is 20.2 Å². The van der Waals surface area contributed by atoms with Gasteiger partial charge >= 0.3 is 5.69 Å². The van der Waals surface area contributed by atoms with Crippen LogP contribution in [-0.4, -0.2) is 15.6 Å². The van der Waals surface area contributed by atoms with Gasteiger partial charge in [-0.05, 0) is 44.9 Å². The number of hydrazone groups is 1. The summed E-state index contributed by atoms with van der Waals surface area (Å²) in [5.74, 6) is 1.36. The van der Waals surface area contributed by atoms with Crippen LogP contribution in [0.15, 0.2) is 27.7 Å². The van der Waals surface area contributed by atoms with Gasteiger partial charge in [-0.2, -0.15) is 5.10 Å². The number of nitro groups is 2. The molecule has 0 spiro atoms. The SMILES string of the molecule is CC(=NNc1ccc([N+](=O)[O-])cc1[N+](=O)[O-])c1oc(C)c(C)c1C. The Hall–Kier alpha value is -3.23. The number of rotatable bonds is 5. The minimum Gasteiger partial charge on any atom is -0.459 e. The molecule has 0 aliphatic heterocycles. The molecule has 0 amide bonds. The molecule has 0 aliphatic rings. The van der Waals surface area contributed by atoms with Crippen LogP contribution in [0, 0.1) is 41.0 Å². The van der Waals surface area contributed by atoms with E-state index in [0.29, 0.717) is 11.5 Å². The average molecular weight is 332 g/mol. The van der Waals surface area contributed by atoms with Gasteiger partial charge in [-0.3, -0.25) is 25.7 Å². The average Bonchev–Trinajstić information content (AvgIpc) is 2.79. The zero-order chi connectivity index (χ0) is 18.0. The molecule has 126 valence electrons. The zero-order valence-corrected chi connectivity index (χ0v) is 13.6. The predicted molar refractivity (Wildman–Crippen MR) is 88.5 cm³/mol. The highest BCUT2D eigenvalue weighted by molar-refractivity contribution is 5.98. The Morgan fingerprint density at radius 1 is 1.12 bits per heavy atom. The fourth-order valence-electron chi connectivity index (χ4n) is 2.16. The maximum atomic E-state index is 11.1. The third-order valence-corrected chi connectivity index (χ3v) is 3.75. The number of nitrogens with one attached hydrogen (secondary N) is 1. The molecule has 0 saturated heterocycles. The molecular formula is C15H16N4O5. The molecule has 0 fully saturated rings. The van der Waals surface area contributed by atoms with E-state index in [1.807, 2.05) is 20.8 Å². The molecule has 0 bridgehead atoms. The molecule has 0 aliphatic carbocycles. The molecule has 1 heterocycles. The van der Waals surface area contributed by atoms with Crippen molar-refractivity contribution in [2.75, 3.05) is 5.43 Å². The zero-order valence-electron chi connectivity index (χ0n) is 13.6. The van der Waals surface area contributed by atoms with Gasteiger partial charge in [-0.25, -0.2) is 0 Å². The number of hydrogen-bond donors (Lipinski definition) is 1. The quantitative estimate of drug-likeness (QED) is 0.503. The summed E-state index contributed by atoms with van der Waals surface area (Å²) in [6.45, 7) is 7.37. The van der Waals surface area contributed by atoms with Gasteiger partial charge in [0.15, 0.2) is 5.76 Å². The highest BCUT2D eigenvalue weighted by atomic mass is 16.6. The van der Waals surface area contributed by atoms with Gasteiger partial charge in [-0.1, -0.05) is 0 Å². The molecule has 9 nitrogen and oxygen atoms in total. The van der Waals surface area contributed by atoms with Gasteiger partial charge in [0.1, 0.15) is 17.2 Å². The maximum Gasteiger partial charge on any atom is 0.301 e. The van der Waals surface area contributed by atoms with E-state index in [4.69, 9.17) is 4.42 Å². The second-order valence-electron chi connectivity index (χ2n) is 5.26. The first-order valence-electron chi connectivity index (χ1n) is 7.02. The van der Waals surface area contributed by atoms with Crippen molar-refractivity contribution in [3.63, 3.8) is 0 Å². The van der Waals surface area contributed by atoms with Crippen LogP contribution in [0.25, 0.3) is 0 Å². The summed E-state index contributed by atoms with van der Waals surface area (Å²) in [6, 6.07) is 3.31. The number of anilines is 1. The van der Waals surface area contributed by atoms with E-state index in [1.165, 1.54) is 12.1 Å². The number of aryl methyl sites for hydroxylation is 1. The third kappa shape index (κ3) is 3.24. The van der Waals surface area contributed by atoms with Crippen LogP contribution in [0.2, 0.25) is 0 Å². The summed E-state index contributed by atoms with van der Waals surface area (Å²) in [5, 5.41) is 25.9. The second kappa shape index (κ2) is 6.49. The second-order valence-corrected chi connectivity index (χ2v) is 5.26. The number of nitro benzene ring substituents is 2. The van der Waals surface area contributed by atoms with Gasteiger partial charge in [0.05, 0.1) is 15.9 Å². The minimum absolute atomic E-state index is 0.0580. The van der Waals surface area contributed by atoms with Crippen molar-refractivity contribution in [1.82, 2.24) is 0 Å². The molecule has 2 rings (SSSR count). The summed E-state index contributed by atoms with van der Waals surface area (Å²) in [4.78, 5) is 20.4. The molecule has 1 aromatic carbocycles. The van der Waals surface area contributed by atoms with E-state index >= 15 is 0 Å². The normalized spacial score (nSPS) is 11.4. The van der Waals surface area contributed by atoms with Crippen molar-refractivity contribution in [2.45, 2.75) is 27.7 Å². The van der Waals surface area contributed by atoms with Gasteiger partial charge < -0.3 is 4.42 Å². The highest BCUT2D eigenvalue weighted by Crippen LogP contribution is 2.29. The fraction of sp³-hybridized carbons (Fsp3) is 0.267. The topological polar surface area (TPSA) is 124 Å². The van der Waals surface area contributed by atoms with Crippen LogP contribution < -0.4 is 5.43 Å². The lowest BCUT2D eigenvalue weighted by atomic mass is 10.1. The number of non-ortho nitro benzene ring substituents is 1. The van der Waals surface area contributed by atoms with Crippen LogP contribution in [0.1, 0.15) is 29.6 Å². The monoisotopic (exact) mass is 332 g/mol.